The van der Waals surface area contributed by atoms with E-state index in [-0.39, 0.29) is 31.2 Å². The van der Waals surface area contributed by atoms with Crippen molar-refractivity contribution >= 4 is 57.8 Å². The van der Waals surface area contributed by atoms with Crippen molar-refractivity contribution in [3.63, 3.8) is 0 Å². The highest BCUT2D eigenvalue weighted by Crippen LogP contribution is 2.36. The first-order valence-corrected chi connectivity index (χ1v) is 15.8. The van der Waals surface area contributed by atoms with Crippen LogP contribution in [0.5, 0.6) is 5.75 Å². The molecule has 0 unspecified atom stereocenters. The second-order valence-electron chi connectivity index (χ2n) is 10.6. The van der Waals surface area contributed by atoms with Crippen LogP contribution in [-0.4, -0.2) is 83.0 Å². The van der Waals surface area contributed by atoms with Crippen molar-refractivity contribution in [2.75, 3.05) is 51.3 Å². The van der Waals surface area contributed by atoms with Crippen molar-refractivity contribution in [1.29, 1.82) is 0 Å². The molecule has 9 nitrogen and oxygen atoms in total. The van der Waals surface area contributed by atoms with Gasteiger partial charge in [-0.2, -0.15) is 0 Å². The molecule has 0 radical (unpaired) electrons. The molecular weight excluding hydrogens is 637 g/mol. The van der Waals surface area contributed by atoms with Crippen molar-refractivity contribution in [1.82, 2.24) is 9.80 Å². The van der Waals surface area contributed by atoms with Gasteiger partial charge < -0.3 is 19.9 Å². The summed E-state index contributed by atoms with van der Waals surface area (Å²) in [7, 11) is 0. The Morgan fingerprint density at radius 3 is 2.61 bits per heavy atom. The predicted octanol–water partition coefficient (Wildman–Crippen LogP) is 5.20. The second kappa shape index (κ2) is 15.4. The summed E-state index contributed by atoms with van der Waals surface area (Å²) in [5.74, 6) is -3.14. The number of benzene rings is 3. The van der Waals surface area contributed by atoms with E-state index in [9.17, 15) is 23.2 Å². The molecule has 240 valence electrons. The van der Waals surface area contributed by atoms with Gasteiger partial charge in [0.1, 0.15) is 16.7 Å². The molecule has 0 aliphatic carbocycles. The first-order chi connectivity index (χ1) is 22.2. The number of hydrogen-bond acceptors (Lipinski definition) is 8. The standard InChI is InChI=1S/C33H31F2N3O6S2/c34-26-6-5-23(20-27(26)35)25-17-22(4-7-28(25)44-15-12-37-10-13-43-14-11-37)18-29-32(42)38(33(45)46-29)9-8-30(39)36-24-3-1-2-21(16-24)19-31(40)41/h1-7,16-18,20H,8-15,19H2,(H,36,39)(H,40,41). The van der Waals surface area contributed by atoms with Gasteiger partial charge in [-0.25, -0.2) is 8.78 Å². The molecule has 2 N–H and O–H groups in total. The summed E-state index contributed by atoms with van der Waals surface area (Å²) in [5.41, 5.74) is 2.59. The Morgan fingerprint density at radius 2 is 1.85 bits per heavy atom. The third-order valence-electron chi connectivity index (χ3n) is 7.30. The van der Waals surface area contributed by atoms with E-state index in [0.29, 0.717) is 69.3 Å². The number of thiocarbonyl (C=S) groups is 1. The Bertz CT molecular complexity index is 1680. The highest BCUT2D eigenvalue weighted by molar-refractivity contribution is 8.26. The first-order valence-electron chi connectivity index (χ1n) is 14.5. The normalized spacial score (nSPS) is 16.2. The summed E-state index contributed by atoms with van der Waals surface area (Å²) in [5, 5.41) is 11.7. The minimum Gasteiger partial charge on any atom is -0.492 e. The number of carbonyl (C=O) groups excluding carboxylic acids is 2. The van der Waals surface area contributed by atoms with Gasteiger partial charge in [0.2, 0.25) is 5.91 Å². The number of carbonyl (C=O) groups is 3. The molecule has 3 aromatic rings. The Kier molecular flexibility index (Phi) is 11.1. The number of carboxylic acid groups (broad SMARTS) is 1. The summed E-state index contributed by atoms with van der Waals surface area (Å²) in [6, 6.07) is 15.4. The van der Waals surface area contributed by atoms with Crippen LogP contribution in [0.4, 0.5) is 14.5 Å². The lowest BCUT2D eigenvalue weighted by atomic mass is 10.0. The number of carboxylic acids is 1. The number of rotatable bonds is 12. The van der Waals surface area contributed by atoms with E-state index >= 15 is 0 Å². The number of thioether (sulfide) groups is 1. The van der Waals surface area contributed by atoms with E-state index < -0.39 is 17.6 Å². The molecule has 2 aliphatic heterocycles. The molecular formula is C33H31F2N3O6S2. The maximum atomic E-state index is 14.2. The zero-order valence-electron chi connectivity index (χ0n) is 24.7. The minimum absolute atomic E-state index is 0.0281. The summed E-state index contributed by atoms with van der Waals surface area (Å²) in [4.78, 5) is 40.8. The van der Waals surface area contributed by atoms with E-state index in [1.54, 1.807) is 48.5 Å². The van der Waals surface area contributed by atoms with E-state index in [1.807, 2.05) is 0 Å². The van der Waals surface area contributed by atoms with Crippen LogP contribution in [0.2, 0.25) is 0 Å². The molecule has 0 spiro atoms. The van der Waals surface area contributed by atoms with Gasteiger partial charge in [0, 0.05) is 43.9 Å². The molecule has 2 amide bonds. The third kappa shape index (κ3) is 8.75. The van der Waals surface area contributed by atoms with Gasteiger partial charge in [-0.05, 0) is 59.2 Å². The SMILES string of the molecule is O=C(O)Cc1cccc(NC(=O)CCN2C(=O)C(=Cc3ccc(OCCN4CCOCC4)c(-c4ccc(F)c(F)c4)c3)SC2=S)c1. The Hall–Kier alpha value is -4.17. The van der Waals surface area contributed by atoms with E-state index in [0.717, 1.165) is 37.0 Å². The number of nitrogens with one attached hydrogen (secondary N) is 1. The van der Waals surface area contributed by atoms with Gasteiger partial charge >= 0.3 is 5.97 Å². The van der Waals surface area contributed by atoms with Gasteiger partial charge in [-0.3, -0.25) is 24.2 Å². The van der Waals surface area contributed by atoms with Gasteiger partial charge in [0.05, 0.1) is 24.5 Å². The van der Waals surface area contributed by atoms with Crippen molar-refractivity contribution in [3.05, 3.63) is 88.3 Å². The number of anilines is 1. The number of halogens is 2. The topological polar surface area (TPSA) is 108 Å². The lowest BCUT2D eigenvalue weighted by Crippen LogP contribution is -2.38. The Labute approximate surface area is 274 Å². The molecule has 0 saturated carbocycles. The number of amides is 2. The lowest BCUT2D eigenvalue weighted by Gasteiger charge is -2.26. The van der Waals surface area contributed by atoms with Crippen LogP contribution in [-0.2, 0) is 25.5 Å². The van der Waals surface area contributed by atoms with Crippen LogP contribution in [0, 0.1) is 11.6 Å². The average molecular weight is 668 g/mol. The van der Waals surface area contributed by atoms with E-state index in [1.165, 1.54) is 11.0 Å². The van der Waals surface area contributed by atoms with Crippen LogP contribution >= 0.6 is 24.0 Å². The molecule has 2 aliphatic rings. The molecule has 2 saturated heterocycles. The van der Waals surface area contributed by atoms with Crippen LogP contribution < -0.4 is 10.1 Å². The van der Waals surface area contributed by atoms with Crippen molar-refractivity contribution in [2.45, 2.75) is 12.8 Å². The van der Waals surface area contributed by atoms with Crippen LogP contribution in [0.25, 0.3) is 17.2 Å². The van der Waals surface area contributed by atoms with Crippen LogP contribution in [0.3, 0.4) is 0 Å². The Morgan fingerprint density at radius 1 is 1.04 bits per heavy atom. The zero-order chi connectivity index (χ0) is 32.6. The van der Waals surface area contributed by atoms with Gasteiger partial charge in [-0.15, -0.1) is 0 Å². The molecule has 2 fully saturated rings. The molecule has 0 aromatic heterocycles. The van der Waals surface area contributed by atoms with Crippen LogP contribution in [0.1, 0.15) is 17.5 Å². The Balaban J connectivity index is 1.27. The maximum Gasteiger partial charge on any atom is 0.307 e. The van der Waals surface area contributed by atoms with Crippen molar-refractivity contribution in [2.24, 2.45) is 0 Å². The van der Waals surface area contributed by atoms with Crippen molar-refractivity contribution < 1.29 is 37.7 Å². The maximum absolute atomic E-state index is 14.2. The number of ether oxygens (including phenoxy) is 2. The summed E-state index contributed by atoms with van der Waals surface area (Å²) in [6.45, 7) is 4.07. The largest absolute Gasteiger partial charge is 0.492 e. The van der Waals surface area contributed by atoms with Gasteiger partial charge in [0.25, 0.3) is 5.91 Å². The molecule has 5 rings (SSSR count). The highest BCUT2D eigenvalue weighted by atomic mass is 32.2. The monoisotopic (exact) mass is 667 g/mol. The lowest BCUT2D eigenvalue weighted by molar-refractivity contribution is -0.136. The van der Waals surface area contributed by atoms with Gasteiger partial charge in [-0.1, -0.05) is 48.2 Å². The number of aliphatic carboxylic acids is 1. The molecule has 0 bridgehead atoms. The fraction of sp³-hybridized carbons (Fsp3) is 0.273. The van der Waals surface area contributed by atoms with E-state index in [4.69, 9.17) is 26.8 Å². The smallest absolute Gasteiger partial charge is 0.307 e. The van der Waals surface area contributed by atoms with Crippen molar-refractivity contribution in [3.8, 4) is 16.9 Å². The fourth-order valence-electron chi connectivity index (χ4n) is 4.98. The summed E-state index contributed by atoms with van der Waals surface area (Å²) in [6.07, 6.45) is 1.47. The number of hydrogen-bond donors (Lipinski definition) is 2. The van der Waals surface area contributed by atoms with E-state index in [2.05, 4.69) is 10.2 Å². The molecule has 13 heteroatoms. The molecule has 46 heavy (non-hydrogen) atoms. The quantitative estimate of drug-likeness (QED) is 0.199. The predicted molar refractivity (Wildman–Crippen MR) is 175 cm³/mol. The average Bonchev–Trinajstić information content (AvgIpc) is 3.29. The third-order valence-corrected chi connectivity index (χ3v) is 8.68. The fourth-order valence-corrected chi connectivity index (χ4v) is 6.29. The van der Waals surface area contributed by atoms with Crippen LogP contribution in [0.15, 0.2) is 65.6 Å². The first kappa shape index (κ1) is 33.2. The highest BCUT2D eigenvalue weighted by Gasteiger charge is 2.32. The molecule has 0 atom stereocenters. The molecule has 2 heterocycles. The number of morpholine rings is 1. The number of nitrogens with zero attached hydrogens (tertiary/aromatic N) is 2. The summed E-state index contributed by atoms with van der Waals surface area (Å²) < 4.78 is 39.7. The zero-order valence-corrected chi connectivity index (χ0v) is 26.3. The van der Waals surface area contributed by atoms with Gasteiger partial charge in [0.15, 0.2) is 11.6 Å². The second-order valence-corrected chi connectivity index (χ2v) is 12.3. The minimum atomic E-state index is -0.986. The molecule has 3 aromatic carbocycles. The summed E-state index contributed by atoms with van der Waals surface area (Å²) >= 11 is 6.54.